The number of hydrogen-bond acceptors (Lipinski definition) is 6. The number of fused-ring (bicyclic) bond motifs is 1. The molecular weight excluding hydrogens is 408 g/mol. The monoisotopic (exact) mass is 436 g/mol. The van der Waals surface area contributed by atoms with E-state index in [0.29, 0.717) is 11.9 Å². The van der Waals surface area contributed by atoms with E-state index in [2.05, 4.69) is 35.0 Å². The Bertz CT molecular complexity index is 1050. The van der Waals surface area contributed by atoms with Crippen molar-refractivity contribution in [2.24, 2.45) is 0 Å². The first kappa shape index (κ1) is 20.3. The molecule has 2 unspecified atom stereocenters. The second-order valence-corrected chi connectivity index (χ2v) is 9.48. The predicted molar refractivity (Wildman–Crippen MR) is 125 cm³/mol. The van der Waals surface area contributed by atoms with Crippen LogP contribution in [-0.4, -0.2) is 61.0 Å². The van der Waals surface area contributed by atoms with Crippen molar-refractivity contribution in [3.05, 3.63) is 53.0 Å². The van der Waals surface area contributed by atoms with Crippen molar-refractivity contribution in [3.8, 4) is 11.5 Å². The molecule has 2 saturated heterocycles. The summed E-state index contributed by atoms with van der Waals surface area (Å²) in [7, 11) is 5.51. The number of thiazole rings is 1. The van der Waals surface area contributed by atoms with E-state index in [-0.39, 0.29) is 12.0 Å². The number of aromatic nitrogens is 1. The molecule has 2 aliphatic rings. The molecule has 1 aromatic heterocycles. The maximum absolute atomic E-state index is 9.05. The summed E-state index contributed by atoms with van der Waals surface area (Å²) in [5.41, 5.74) is 2.08. The highest BCUT2D eigenvalue weighted by molar-refractivity contribution is 7.18. The van der Waals surface area contributed by atoms with Crippen LogP contribution in [0.4, 0.5) is 0 Å². The highest BCUT2D eigenvalue weighted by atomic mass is 32.1. The number of nitrogens with one attached hydrogen (secondary N) is 1. The van der Waals surface area contributed by atoms with Gasteiger partial charge in [-0.2, -0.15) is 0 Å². The molecule has 5 rings (SSSR count). The van der Waals surface area contributed by atoms with Gasteiger partial charge >= 0.3 is 0 Å². The highest BCUT2D eigenvalue weighted by Crippen LogP contribution is 2.51. The minimum Gasteiger partial charge on any atom is -0.497 e. The van der Waals surface area contributed by atoms with Crippen LogP contribution in [0.25, 0.3) is 10.2 Å². The van der Waals surface area contributed by atoms with E-state index in [1.807, 2.05) is 24.3 Å². The van der Waals surface area contributed by atoms with Crippen molar-refractivity contribution in [3.63, 3.8) is 0 Å². The van der Waals surface area contributed by atoms with Crippen LogP contribution >= 0.6 is 11.3 Å². The van der Waals surface area contributed by atoms with Gasteiger partial charge in [-0.25, -0.2) is 4.98 Å². The summed E-state index contributed by atoms with van der Waals surface area (Å²) in [6.07, 6.45) is 2.16. The van der Waals surface area contributed by atoms with Crippen LogP contribution in [0.2, 0.25) is 0 Å². The molecule has 0 spiro atoms. The quantitative estimate of drug-likeness (QED) is 0.637. The largest absolute Gasteiger partial charge is 0.497 e. The summed E-state index contributed by atoms with van der Waals surface area (Å²) < 4.78 is 12.2. The molecular formula is C24H28N4O2S. The number of ether oxygens (including phenoxy) is 2. The third-order valence-corrected chi connectivity index (χ3v) is 7.67. The van der Waals surface area contributed by atoms with Gasteiger partial charge < -0.3 is 19.3 Å². The van der Waals surface area contributed by atoms with E-state index in [9.17, 15) is 0 Å². The number of nitrogens with zero attached hydrogens (tertiary/aromatic N) is 3. The lowest BCUT2D eigenvalue weighted by Gasteiger charge is -2.54. The van der Waals surface area contributed by atoms with Crippen molar-refractivity contribution < 1.29 is 9.47 Å². The number of rotatable bonds is 5. The first-order valence-electron chi connectivity index (χ1n) is 10.7. The molecule has 0 aliphatic carbocycles. The molecule has 1 N–H and O–H groups in total. The predicted octanol–water partition coefficient (Wildman–Crippen LogP) is 4.53. The Hall–Kier alpha value is -2.64. The van der Waals surface area contributed by atoms with E-state index in [1.165, 1.54) is 4.70 Å². The summed E-state index contributed by atoms with van der Waals surface area (Å²) >= 11 is 1.75. The van der Waals surface area contributed by atoms with E-state index >= 15 is 0 Å². The van der Waals surface area contributed by atoms with Gasteiger partial charge in [0.15, 0.2) is 0 Å². The topological polar surface area (TPSA) is 61.7 Å². The number of para-hydroxylation sites is 1. The van der Waals surface area contributed by atoms with Crippen molar-refractivity contribution in [1.82, 2.24) is 14.8 Å². The highest BCUT2D eigenvalue weighted by Gasteiger charge is 2.50. The minimum absolute atomic E-state index is 0.0516. The zero-order valence-corrected chi connectivity index (χ0v) is 19.0. The summed E-state index contributed by atoms with van der Waals surface area (Å²) in [5.74, 6) is 2.13. The summed E-state index contributed by atoms with van der Waals surface area (Å²) in [6.45, 7) is 2.14. The van der Waals surface area contributed by atoms with E-state index in [1.54, 1.807) is 25.6 Å². The van der Waals surface area contributed by atoms with E-state index in [0.717, 1.165) is 53.5 Å². The molecule has 2 aliphatic heterocycles. The standard InChI is InChI=1S/C24H28N4O2S/c1-27-10-8-16(9-11-27)28-22(24-26-19-6-4-5-7-20(19)31-24)21(23(28)25)15-12-17(29-2)14-18(13-15)30-3/h4-7,12-14,16,21-22,25H,8-11H2,1-3H3. The molecule has 3 heterocycles. The lowest BCUT2D eigenvalue weighted by molar-refractivity contribution is 0.0996. The average molecular weight is 437 g/mol. The minimum atomic E-state index is -0.0516. The molecule has 3 aromatic rings. The number of methoxy groups -OCH3 is 2. The van der Waals surface area contributed by atoms with Crippen molar-refractivity contribution in [2.45, 2.75) is 30.8 Å². The van der Waals surface area contributed by atoms with Crippen LogP contribution < -0.4 is 9.47 Å². The van der Waals surface area contributed by atoms with E-state index in [4.69, 9.17) is 19.9 Å². The smallest absolute Gasteiger partial charge is 0.122 e. The molecule has 0 saturated carbocycles. The molecule has 2 atom stereocenters. The van der Waals surface area contributed by atoms with Crippen LogP contribution in [0, 0.1) is 5.41 Å². The van der Waals surface area contributed by atoms with Gasteiger partial charge in [-0.1, -0.05) is 12.1 Å². The zero-order valence-electron chi connectivity index (χ0n) is 18.2. The number of likely N-dealkylation sites (tertiary alicyclic amines) is 2. The van der Waals surface area contributed by atoms with Gasteiger partial charge in [0.1, 0.15) is 22.3 Å². The normalized spacial score (nSPS) is 22.5. The van der Waals surface area contributed by atoms with Crippen molar-refractivity contribution >= 4 is 27.4 Å². The van der Waals surface area contributed by atoms with Gasteiger partial charge in [0.2, 0.25) is 0 Å². The summed E-state index contributed by atoms with van der Waals surface area (Å²) in [5, 5.41) is 10.1. The SMILES string of the molecule is COc1cc(OC)cc(C2C(=N)N(C3CCN(C)CC3)C2c2nc3ccccc3s2)c1. The molecule has 31 heavy (non-hydrogen) atoms. The third-order valence-electron chi connectivity index (χ3n) is 6.57. The Balaban J connectivity index is 1.56. The van der Waals surface area contributed by atoms with Gasteiger partial charge in [-0.05, 0) is 62.8 Å². The maximum atomic E-state index is 9.05. The maximum Gasteiger partial charge on any atom is 0.122 e. The molecule has 6 nitrogen and oxygen atoms in total. The molecule has 0 amide bonds. The summed E-state index contributed by atoms with van der Waals surface area (Å²) in [4.78, 5) is 9.69. The Labute approximate surface area is 186 Å². The Morgan fingerprint density at radius 3 is 2.35 bits per heavy atom. The fourth-order valence-electron chi connectivity index (χ4n) is 4.86. The Morgan fingerprint density at radius 1 is 1.03 bits per heavy atom. The summed E-state index contributed by atoms with van der Waals surface area (Å²) in [6, 6.07) is 14.7. The van der Waals surface area contributed by atoms with Gasteiger partial charge in [0.25, 0.3) is 0 Å². The second-order valence-electron chi connectivity index (χ2n) is 8.42. The molecule has 2 aromatic carbocycles. The van der Waals surface area contributed by atoms with Crippen LogP contribution in [0.5, 0.6) is 11.5 Å². The molecule has 0 radical (unpaired) electrons. The zero-order chi connectivity index (χ0) is 21.5. The van der Waals surface area contributed by atoms with Crippen LogP contribution in [0.3, 0.4) is 0 Å². The molecule has 2 fully saturated rings. The lowest BCUT2D eigenvalue weighted by Crippen LogP contribution is -2.59. The van der Waals surface area contributed by atoms with Crippen molar-refractivity contribution in [1.29, 1.82) is 5.41 Å². The second kappa shape index (κ2) is 8.13. The number of piperidine rings is 1. The molecule has 0 bridgehead atoms. The molecule has 162 valence electrons. The fourth-order valence-corrected chi connectivity index (χ4v) is 5.97. The Kier molecular flexibility index (Phi) is 5.32. The van der Waals surface area contributed by atoms with E-state index < -0.39 is 0 Å². The van der Waals surface area contributed by atoms with Crippen LogP contribution in [0.15, 0.2) is 42.5 Å². The van der Waals surface area contributed by atoms with Gasteiger partial charge in [-0.3, -0.25) is 5.41 Å². The number of benzene rings is 2. The first-order chi connectivity index (χ1) is 15.1. The first-order valence-corrected chi connectivity index (χ1v) is 11.5. The van der Waals surface area contributed by atoms with Crippen LogP contribution in [-0.2, 0) is 0 Å². The third kappa shape index (κ3) is 3.55. The number of hydrogen-bond donors (Lipinski definition) is 1. The molecule has 7 heteroatoms. The average Bonchev–Trinajstić information content (AvgIpc) is 3.21. The van der Waals surface area contributed by atoms with Gasteiger partial charge in [-0.15, -0.1) is 11.3 Å². The van der Waals surface area contributed by atoms with Crippen LogP contribution in [0.1, 0.15) is 35.4 Å². The van der Waals surface area contributed by atoms with Gasteiger partial charge in [0.05, 0.1) is 36.4 Å². The Morgan fingerprint density at radius 2 is 1.71 bits per heavy atom. The van der Waals surface area contributed by atoms with Gasteiger partial charge in [0, 0.05) is 12.1 Å². The van der Waals surface area contributed by atoms with Crippen molar-refractivity contribution in [2.75, 3.05) is 34.4 Å². The number of amidine groups is 1. The lowest BCUT2D eigenvalue weighted by atomic mass is 9.78. The fraction of sp³-hybridized carbons (Fsp3) is 0.417.